The molecule has 0 atom stereocenters. The van der Waals surface area contributed by atoms with Crippen molar-refractivity contribution in [1.82, 2.24) is 9.21 Å². The molecule has 7 nitrogen and oxygen atoms in total. The summed E-state index contributed by atoms with van der Waals surface area (Å²) in [6, 6.07) is 8.72. The molecule has 0 radical (unpaired) electrons. The van der Waals surface area contributed by atoms with Gasteiger partial charge in [0.05, 0.1) is 4.88 Å². The molecule has 2 aromatic heterocycles. The van der Waals surface area contributed by atoms with Gasteiger partial charge in [-0.25, -0.2) is 8.42 Å². The number of benzene rings is 1. The molecule has 1 saturated heterocycles. The zero-order valence-electron chi connectivity index (χ0n) is 16.0. The molecule has 1 aromatic carbocycles. The van der Waals surface area contributed by atoms with Gasteiger partial charge in [0.1, 0.15) is 10.0 Å². The Balaban J connectivity index is 1.46. The summed E-state index contributed by atoms with van der Waals surface area (Å²) < 4.78 is 28.7. The second-order valence-corrected chi connectivity index (χ2v) is 11.3. The molecular formula is C19H19ClN4O3S3. The van der Waals surface area contributed by atoms with Crippen LogP contribution in [0.5, 0.6) is 0 Å². The summed E-state index contributed by atoms with van der Waals surface area (Å²) in [5, 5.41) is 3.22. The number of halogens is 1. The van der Waals surface area contributed by atoms with Crippen LogP contribution >= 0.6 is 34.3 Å². The first-order valence-corrected chi connectivity index (χ1v) is 12.6. The van der Waals surface area contributed by atoms with Gasteiger partial charge in [-0.2, -0.15) is 4.31 Å². The highest BCUT2D eigenvalue weighted by atomic mass is 35.5. The van der Waals surface area contributed by atoms with Crippen LogP contribution in [0.15, 0.2) is 44.9 Å². The molecule has 1 aliphatic rings. The first kappa shape index (κ1) is 21.3. The van der Waals surface area contributed by atoms with Gasteiger partial charge < -0.3 is 10.6 Å². The number of rotatable bonds is 4. The average Bonchev–Trinajstić information content (AvgIpc) is 3.40. The van der Waals surface area contributed by atoms with Gasteiger partial charge in [-0.05, 0) is 29.7 Å². The molecule has 2 N–H and O–H groups in total. The lowest BCUT2D eigenvalue weighted by Crippen LogP contribution is -2.50. The van der Waals surface area contributed by atoms with Crippen LogP contribution in [0.3, 0.4) is 0 Å². The van der Waals surface area contributed by atoms with E-state index in [1.54, 1.807) is 41.6 Å². The van der Waals surface area contributed by atoms with Crippen LogP contribution in [0.25, 0.3) is 10.1 Å². The number of piperazine rings is 1. The highest BCUT2D eigenvalue weighted by Crippen LogP contribution is 2.33. The summed E-state index contributed by atoms with van der Waals surface area (Å²) in [6.45, 7) is 1.17. The molecule has 1 amide bonds. The van der Waals surface area contributed by atoms with E-state index in [0.29, 0.717) is 28.8 Å². The van der Waals surface area contributed by atoms with Crippen molar-refractivity contribution in [2.45, 2.75) is 4.21 Å². The van der Waals surface area contributed by atoms with Crippen molar-refractivity contribution in [2.24, 2.45) is 10.7 Å². The Morgan fingerprint density at radius 2 is 1.90 bits per heavy atom. The number of amides is 1. The van der Waals surface area contributed by atoms with Gasteiger partial charge in [-0.1, -0.05) is 17.7 Å². The fraction of sp³-hybridized carbons (Fsp3) is 0.263. The number of carbonyl (C=O) groups is 1. The van der Waals surface area contributed by atoms with E-state index in [1.807, 2.05) is 6.07 Å². The summed E-state index contributed by atoms with van der Waals surface area (Å²) in [5.41, 5.74) is 6.52. The minimum atomic E-state index is -3.62. The lowest BCUT2D eigenvalue weighted by molar-refractivity contribution is 0.0703. The average molecular weight is 483 g/mol. The minimum absolute atomic E-state index is 0.122. The number of amidine groups is 1. The predicted octanol–water partition coefficient (Wildman–Crippen LogP) is 3.10. The first-order chi connectivity index (χ1) is 14.3. The van der Waals surface area contributed by atoms with E-state index in [2.05, 4.69) is 4.99 Å². The van der Waals surface area contributed by atoms with Gasteiger partial charge in [-0.15, -0.1) is 22.7 Å². The number of hydrogen-bond acceptors (Lipinski definition) is 6. The standard InChI is InChI=1S/C19H19ClN4O3S3/c1-22-18(21)13-8-16(28-11-13)19(25)23-4-6-24(7-5-23)30(26,27)17-9-12-2-3-14(20)10-15(12)29-17/h2-3,8-11H,4-7H2,1H3,(H2,21,22). The van der Waals surface area contributed by atoms with Crippen molar-refractivity contribution >= 4 is 66.1 Å². The van der Waals surface area contributed by atoms with Gasteiger partial charge in [0.25, 0.3) is 15.9 Å². The number of carbonyl (C=O) groups excluding carboxylic acids is 1. The maximum Gasteiger partial charge on any atom is 0.264 e. The molecule has 3 heterocycles. The van der Waals surface area contributed by atoms with Crippen molar-refractivity contribution in [2.75, 3.05) is 33.2 Å². The molecule has 30 heavy (non-hydrogen) atoms. The second-order valence-electron chi connectivity index (χ2n) is 6.75. The lowest BCUT2D eigenvalue weighted by atomic mass is 10.2. The van der Waals surface area contributed by atoms with E-state index in [0.717, 1.165) is 15.6 Å². The Morgan fingerprint density at radius 3 is 2.60 bits per heavy atom. The Labute approximate surface area is 187 Å². The number of nitrogens with zero attached hydrogens (tertiary/aromatic N) is 3. The fourth-order valence-electron chi connectivity index (χ4n) is 3.23. The van der Waals surface area contributed by atoms with Crippen LogP contribution in [-0.2, 0) is 10.0 Å². The largest absolute Gasteiger partial charge is 0.383 e. The first-order valence-electron chi connectivity index (χ1n) is 9.09. The van der Waals surface area contributed by atoms with Gasteiger partial charge in [0.15, 0.2) is 0 Å². The van der Waals surface area contributed by atoms with Crippen molar-refractivity contribution in [3.8, 4) is 0 Å². The van der Waals surface area contributed by atoms with Crippen LogP contribution in [-0.4, -0.2) is 62.6 Å². The third-order valence-electron chi connectivity index (χ3n) is 4.93. The number of thiophene rings is 2. The smallest absolute Gasteiger partial charge is 0.264 e. The maximum atomic E-state index is 13.1. The Bertz CT molecular complexity index is 1240. The zero-order chi connectivity index (χ0) is 21.5. The van der Waals surface area contributed by atoms with E-state index in [9.17, 15) is 13.2 Å². The van der Waals surface area contributed by atoms with Crippen molar-refractivity contribution in [1.29, 1.82) is 0 Å². The highest BCUT2D eigenvalue weighted by molar-refractivity contribution is 7.91. The molecule has 0 spiro atoms. The third-order valence-corrected chi connectivity index (χ3v) is 9.53. The molecular weight excluding hydrogens is 464 g/mol. The van der Waals surface area contributed by atoms with E-state index >= 15 is 0 Å². The summed E-state index contributed by atoms with van der Waals surface area (Å²) in [4.78, 5) is 18.9. The van der Waals surface area contributed by atoms with Crippen molar-refractivity contribution in [3.05, 3.63) is 51.2 Å². The lowest BCUT2D eigenvalue weighted by Gasteiger charge is -2.33. The summed E-state index contributed by atoms with van der Waals surface area (Å²) >= 11 is 8.53. The molecule has 1 aliphatic heterocycles. The maximum absolute atomic E-state index is 13.1. The number of nitrogens with two attached hydrogens (primary N) is 1. The quantitative estimate of drug-likeness (QED) is 0.456. The second kappa shape index (κ2) is 8.27. The van der Waals surface area contributed by atoms with Gasteiger partial charge >= 0.3 is 0 Å². The molecule has 158 valence electrons. The van der Waals surface area contributed by atoms with Crippen molar-refractivity contribution in [3.63, 3.8) is 0 Å². The minimum Gasteiger partial charge on any atom is -0.383 e. The third kappa shape index (κ3) is 3.97. The molecule has 0 bridgehead atoms. The van der Waals surface area contributed by atoms with Crippen LogP contribution in [0.1, 0.15) is 15.2 Å². The molecule has 4 rings (SSSR count). The normalized spacial score (nSPS) is 16.3. The van der Waals surface area contributed by atoms with E-state index in [-0.39, 0.29) is 23.2 Å². The zero-order valence-corrected chi connectivity index (χ0v) is 19.2. The fourth-order valence-corrected chi connectivity index (χ4v) is 7.35. The molecule has 0 unspecified atom stereocenters. The van der Waals surface area contributed by atoms with Crippen molar-refractivity contribution < 1.29 is 13.2 Å². The van der Waals surface area contributed by atoms with Crippen LogP contribution < -0.4 is 5.73 Å². The van der Waals surface area contributed by atoms with Gasteiger partial charge in [-0.3, -0.25) is 9.79 Å². The van der Waals surface area contributed by atoms with Crippen LogP contribution in [0.4, 0.5) is 0 Å². The summed E-state index contributed by atoms with van der Waals surface area (Å²) in [6.07, 6.45) is 0. The highest BCUT2D eigenvalue weighted by Gasteiger charge is 2.32. The molecule has 11 heteroatoms. The SMILES string of the molecule is CN=C(N)c1csc(C(=O)N2CCN(S(=O)(=O)c3cc4ccc(Cl)cc4s3)CC2)c1. The summed E-state index contributed by atoms with van der Waals surface area (Å²) in [5.74, 6) is 0.259. The molecule has 3 aromatic rings. The Morgan fingerprint density at radius 1 is 1.17 bits per heavy atom. The summed E-state index contributed by atoms with van der Waals surface area (Å²) in [7, 11) is -2.02. The monoisotopic (exact) mass is 482 g/mol. The van der Waals surface area contributed by atoms with E-state index in [4.69, 9.17) is 17.3 Å². The number of hydrogen-bond donors (Lipinski definition) is 1. The van der Waals surface area contributed by atoms with E-state index in [1.165, 1.54) is 27.0 Å². The Kier molecular flexibility index (Phi) is 5.86. The number of sulfonamides is 1. The molecule has 0 aliphatic carbocycles. The molecule has 1 fully saturated rings. The number of aliphatic imine (C=N–C) groups is 1. The van der Waals surface area contributed by atoms with E-state index < -0.39 is 10.0 Å². The molecule has 0 saturated carbocycles. The Hall–Kier alpha value is -1.98. The predicted molar refractivity (Wildman–Crippen MR) is 122 cm³/mol. The van der Waals surface area contributed by atoms with Gasteiger partial charge in [0.2, 0.25) is 0 Å². The number of fused-ring (bicyclic) bond motifs is 1. The van der Waals surface area contributed by atoms with Crippen LogP contribution in [0, 0.1) is 0 Å². The van der Waals surface area contributed by atoms with Crippen LogP contribution in [0.2, 0.25) is 5.02 Å². The van der Waals surface area contributed by atoms with Gasteiger partial charge in [0, 0.05) is 53.9 Å². The topological polar surface area (TPSA) is 96.1 Å².